The molecule has 6 nitrogen and oxygen atoms in total. The van der Waals surface area contributed by atoms with E-state index in [9.17, 15) is 0 Å². The lowest BCUT2D eigenvalue weighted by Gasteiger charge is -2.27. The number of fused-ring (bicyclic) bond motifs is 1. The van der Waals surface area contributed by atoms with Gasteiger partial charge >= 0.3 is 0 Å². The van der Waals surface area contributed by atoms with Crippen LogP contribution in [-0.2, 0) is 6.54 Å². The fraction of sp³-hybridized carbons (Fsp3) is 0.308. The van der Waals surface area contributed by atoms with Crippen molar-refractivity contribution >= 4 is 34.1 Å². The molecule has 2 aliphatic rings. The first kappa shape index (κ1) is 20.7. The Kier molecular flexibility index (Phi) is 5.50. The highest BCUT2D eigenvalue weighted by molar-refractivity contribution is 6.33. The minimum atomic E-state index is 0.538. The maximum Gasteiger partial charge on any atom is 0.227 e. The number of aromatic amines is 1. The van der Waals surface area contributed by atoms with Gasteiger partial charge in [0.25, 0.3) is 0 Å². The van der Waals surface area contributed by atoms with Crippen LogP contribution in [-0.4, -0.2) is 46.0 Å². The van der Waals surface area contributed by atoms with Crippen molar-refractivity contribution in [1.29, 1.82) is 0 Å². The molecule has 6 rings (SSSR count). The molecule has 1 aliphatic carbocycles. The fourth-order valence-electron chi connectivity index (χ4n) is 4.67. The molecule has 1 saturated heterocycles. The maximum atomic E-state index is 6.52. The Labute approximate surface area is 198 Å². The normalized spacial score (nSPS) is 16.9. The molecule has 2 aromatic heterocycles. The van der Waals surface area contributed by atoms with Crippen molar-refractivity contribution in [3.63, 3.8) is 0 Å². The van der Waals surface area contributed by atoms with Gasteiger partial charge in [-0.05, 0) is 48.1 Å². The van der Waals surface area contributed by atoms with Gasteiger partial charge in [0.1, 0.15) is 0 Å². The number of benzene rings is 2. The summed E-state index contributed by atoms with van der Waals surface area (Å²) >= 11 is 6.52. The van der Waals surface area contributed by atoms with Crippen LogP contribution in [0.15, 0.2) is 54.9 Å². The molecule has 33 heavy (non-hydrogen) atoms. The summed E-state index contributed by atoms with van der Waals surface area (Å²) in [5, 5.41) is 8.53. The first-order chi connectivity index (χ1) is 16.2. The standard InChI is InChI=1S/C26H27ClN6/c27-23-15-30-26(32-25(23)22-14-29-24-4-2-1-3-21(22)24)31-20-12-17(11-19(13-20)18-5-6-18)16-33-9-7-28-8-10-33/h1-4,11-15,18,28-29H,5-10,16H2,(H,30,31,32). The molecule has 1 aliphatic heterocycles. The summed E-state index contributed by atoms with van der Waals surface area (Å²) in [7, 11) is 0. The maximum absolute atomic E-state index is 6.52. The van der Waals surface area contributed by atoms with Gasteiger partial charge in [0.15, 0.2) is 0 Å². The SMILES string of the molecule is Clc1cnc(Nc2cc(CN3CCNCC3)cc(C3CC3)c2)nc1-c1c[nH]c2ccccc12. The molecule has 0 spiro atoms. The zero-order chi connectivity index (χ0) is 22.2. The van der Waals surface area contributed by atoms with E-state index in [2.05, 4.69) is 55.8 Å². The number of hydrogen-bond donors (Lipinski definition) is 3. The molecule has 1 saturated carbocycles. The van der Waals surface area contributed by atoms with Gasteiger partial charge in [-0.15, -0.1) is 0 Å². The second-order valence-electron chi connectivity index (χ2n) is 9.03. The molecule has 0 atom stereocenters. The average molecular weight is 459 g/mol. The summed E-state index contributed by atoms with van der Waals surface area (Å²) in [6.07, 6.45) is 6.19. The lowest BCUT2D eigenvalue weighted by Crippen LogP contribution is -2.42. The minimum Gasteiger partial charge on any atom is -0.360 e. The smallest absolute Gasteiger partial charge is 0.227 e. The first-order valence-electron chi connectivity index (χ1n) is 11.7. The van der Waals surface area contributed by atoms with E-state index in [0.29, 0.717) is 16.9 Å². The number of nitrogens with one attached hydrogen (secondary N) is 3. The van der Waals surface area contributed by atoms with E-state index in [4.69, 9.17) is 16.6 Å². The Balaban J connectivity index is 1.31. The predicted octanol–water partition coefficient (Wildman–Crippen LogP) is 5.30. The summed E-state index contributed by atoms with van der Waals surface area (Å²) in [5.41, 5.74) is 6.56. The first-order valence-corrected chi connectivity index (χ1v) is 12.0. The van der Waals surface area contributed by atoms with Crippen molar-refractivity contribution < 1.29 is 0 Å². The third-order valence-corrected chi connectivity index (χ3v) is 6.80. The summed E-state index contributed by atoms with van der Waals surface area (Å²) in [6.45, 7) is 5.26. The van der Waals surface area contributed by atoms with Crippen molar-refractivity contribution in [1.82, 2.24) is 25.2 Å². The van der Waals surface area contributed by atoms with E-state index in [1.165, 1.54) is 24.0 Å². The van der Waals surface area contributed by atoms with Crippen LogP contribution in [0.3, 0.4) is 0 Å². The van der Waals surface area contributed by atoms with Crippen LogP contribution in [0, 0.1) is 0 Å². The van der Waals surface area contributed by atoms with Crippen LogP contribution in [0.5, 0.6) is 0 Å². The highest BCUT2D eigenvalue weighted by Crippen LogP contribution is 2.41. The van der Waals surface area contributed by atoms with Crippen molar-refractivity contribution in [3.05, 3.63) is 71.0 Å². The number of halogens is 1. The van der Waals surface area contributed by atoms with Gasteiger partial charge in [0.2, 0.25) is 5.95 Å². The molecule has 168 valence electrons. The summed E-state index contributed by atoms with van der Waals surface area (Å²) in [6, 6.07) is 15.0. The topological polar surface area (TPSA) is 68.9 Å². The molecular weight excluding hydrogens is 432 g/mol. The van der Waals surface area contributed by atoms with Gasteiger partial charge in [-0.3, -0.25) is 4.90 Å². The van der Waals surface area contributed by atoms with Gasteiger partial charge < -0.3 is 15.6 Å². The largest absolute Gasteiger partial charge is 0.360 e. The van der Waals surface area contributed by atoms with E-state index in [0.717, 1.165) is 60.6 Å². The van der Waals surface area contributed by atoms with E-state index in [-0.39, 0.29) is 0 Å². The number of anilines is 2. The third kappa shape index (κ3) is 4.47. The van der Waals surface area contributed by atoms with Crippen molar-refractivity contribution in [2.75, 3.05) is 31.5 Å². The van der Waals surface area contributed by atoms with Crippen LogP contribution < -0.4 is 10.6 Å². The number of para-hydroxylation sites is 1. The molecule has 2 fully saturated rings. The zero-order valence-corrected chi connectivity index (χ0v) is 19.2. The number of hydrogen-bond acceptors (Lipinski definition) is 5. The molecular formula is C26H27ClN6. The molecule has 4 aromatic rings. The average Bonchev–Trinajstić information content (AvgIpc) is 3.60. The summed E-state index contributed by atoms with van der Waals surface area (Å²) in [4.78, 5) is 15.1. The Morgan fingerprint density at radius 3 is 2.79 bits per heavy atom. The monoisotopic (exact) mass is 458 g/mol. The van der Waals surface area contributed by atoms with Gasteiger partial charge in [-0.25, -0.2) is 9.97 Å². The van der Waals surface area contributed by atoms with Gasteiger partial charge in [0, 0.05) is 61.1 Å². The van der Waals surface area contributed by atoms with Crippen molar-refractivity contribution in [3.8, 4) is 11.3 Å². The molecule has 2 aromatic carbocycles. The molecule has 7 heteroatoms. The summed E-state index contributed by atoms with van der Waals surface area (Å²) < 4.78 is 0. The van der Waals surface area contributed by atoms with Crippen LogP contribution in [0.2, 0.25) is 5.02 Å². The lowest BCUT2D eigenvalue weighted by molar-refractivity contribution is 0.233. The van der Waals surface area contributed by atoms with E-state index < -0.39 is 0 Å². The zero-order valence-electron chi connectivity index (χ0n) is 18.4. The van der Waals surface area contributed by atoms with Gasteiger partial charge in [-0.1, -0.05) is 35.9 Å². The van der Waals surface area contributed by atoms with Crippen LogP contribution in [0.4, 0.5) is 11.6 Å². The molecule has 3 N–H and O–H groups in total. The molecule has 0 bridgehead atoms. The molecule has 0 amide bonds. The quantitative estimate of drug-likeness (QED) is 0.365. The van der Waals surface area contributed by atoms with Crippen LogP contribution in [0.1, 0.15) is 29.9 Å². The summed E-state index contributed by atoms with van der Waals surface area (Å²) in [5.74, 6) is 1.24. The second-order valence-corrected chi connectivity index (χ2v) is 9.43. The Morgan fingerprint density at radius 1 is 1.09 bits per heavy atom. The van der Waals surface area contributed by atoms with E-state index in [1.807, 2.05) is 18.3 Å². The lowest BCUT2D eigenvalue weighted by atomic mass is 10.0. The number of H-pyrrole nitrogens is 1. The third-order valence-electron chi connectivity index (χ3n) is 6.52. The van der Waals surface area contributed by atoms with Gasteiger partial charge in [-0.2, -0.15) is 0 Å². The van der Waals surface area contributed by atoms with E-state index in [1.54, 1.807) is 6.20 Å². The number of aromatic nitrogens is 3. The van der Waals surface area contributed by atoms with Crippen LogP contribution >= 0.6 is 11.6 Å². The Hall–Kier alpha value is -2.93. The van der Waals surface area contributed by atoms with Gasteiger partial charge in [0.05, 0.1) is 16.9 Å². The molecule has 0 unspecified atom stereocenters. The predicted molar refractivity (Wildman–Crippen MR) is 134 cm³/mol. The Bertz CT molecular complexity index is 1290. The Morgan fingerprint density at radius 2 is 1.94 bits per heavy atom. The van der Waals surface area contributed by atoms with Crippen LogP contribution in [0.25, 0.3) is 22.2 Å². The fourth-order valence-corrected chi connectivity index (χ4v) is 4.87. The number of nitrogens with zero attached hydrogens (tertiary/aromatic N) is 3. The highest BCUT2D eigenvalue weighted by Gasteiger charge is 2.25. The number of rotatable bonds is 6. The van der Waals surface area contributed by atoms with Crippen molar-refractivity contribution in [2.24, 2.45) is 0 Å². The number of piperazine rings is 1. The van der Waals surface area contributed by atoms with E-state index >= 15 is 0 Å². The highest BCUT2D eigenvalue weighted by atomic mass is 35.5. The second kappa shape index (κ2) is 8.78. The molecule has 0 radical (unpaired) electrons. The van der Waals surface area contributed by atoms with Crippen molar-refractivity contribution in [2.45, 2.75) is 25.3 Å². The molecule has 3 heterocycles. The minimum absolute atomic E-state index is 0.538.